The standard InChI is InChI=1S/C15H17N3O3/c16-14(19)8-18(10-5-6-17-7-10)15(20)12-9-21-13-4-2-1-3-11(12)13/h1-4,9-10,17H,5-8H2,(H2,16,19). The minimum Gasteiger partial charge on any atom is -0.463 e. The molecule has 1 unspecified atom stereocenters. The normalized spacial score (nSPS) is 18.0. The third-order valence-electron chi connectivity index (χ3n) is 3.77. The molecule has 1 aliphatic rings. The van der Waals surface area contributed by atoms with Gasteiger partial charge in [-0.3, -0.25) is 9.59 Å². The largest absolute Gasteiger partial charge is 0.463 e. The average molecular weight is 287 g/mol. The van der Waals surface area contributed by atoms with E-state index < -0.39 is 5.91 Å². The smallest absolute Gasteiger partial charge is 0.258 e. The Hall–Kier alpha value is -2.34. The maximum Gasteiger partial charge on any atom is 0.258 e. The van der Waals surface area contributed by atoms with Crippen molar-refractivity contribution in [2.24, 2.45) is 5.73 Å². The highest BCUT2D eigenvalue weighted by Crippen LogP contribution is 2.23. The summed E-state index contributed by atoms with van der Waals surface area (Å²) in [6, 6.07) is 7.33. The van der Waals surface area contributed by atoms with E-state index in [0.29, 0.717) is 17.7 Å². The van der Waals surface area contributed by atoms with Crippen LogP contribution in [-0.2, 0) is 4.79 Å². The highest BCUT2D eigenvalue weighted by atomic mass is 16.3. The minimum atomic E-state index is -0.511. The number of nitrogens with two attached hydrogens (primary N) is 1. The number of amides is 2. The van der Waals surface area contributed by atoms with Gasteiger partial charge in [0.15, 0.2) is 0 Å². The van der Waals surface area contributed by atoms with Crippen LogP contribution in [-0.4, -0.2) is 42.4 Å². The van der Waals surface area contributed by atoms with Gasteiger partial charge in [0.2, 0.25) is 5.91 Å². The molecule has 0 saturated carbocycles. The van der Waals surface area contributed by atoms with E-state index in [0.717, 1.165) is 18.4 Å². The molecule has 1 fully saturated rings. The molecular formula is C15H17N3O3. The molecule has 2 amide bonds. The van der Waals surface area contributed by atoms with E-state index in [-0.39, 0.29) is 18.5 Å². The second-order valence-electron chi connectivity index (χ2n) is 5.19. The number of primary amides is 1. The van der Waals surface area contributed by atoms with Crippen molar-refractivity contribution >= 4 is 22.8 Å². The lowest BCUT2D eigenvalue weighted by Gasteiger charge is -2.26. The van der Waals surface area contributed by atoms with Gasteiger partial charge in [-0.1, -0.05) is 18.2 Å². The molecular weight excluding hydrogens is 270 g/mol. The average Bonchev–Trinajstić information content (AvgIpc) is 3.13. The third-order valence-corrected chi connectivity index (χ3v) is 3.77. The lowest BCUT2D eigenvalue weighted by molar-refractivity contribution is -0.119. The van der Waals surface area contributed by atoms with E-state index in [2.05, 4.69) is 5.32 Å². The number of rotatable bonds is 4. The second kappa shape index (κ2) is 5.57. The maximum atomic E-state index is 12.8. The van der Waals surface area contributed by atoms with Crippen LogP contribution in [0.25, 0.3) is 11.0 Å². The fourth-order valence-corrected chi connectivity index (χ4v) is 2.74. The Morgan fingerprint density at radius 1 is 1.38 bits per heavy atom. The number of hydrogen-bond acceptors (Lipinski definition) is 4. The topological polar surface area (TPSA) is 88.6 Å². The van der Waals surface area contributed by atoms with Crippen LogP contribution in [0.1, 0.15) is 16.8 Å². The zero-order valence-corrected chi connectivity index (χ0v) is 11.5. The van der Waals surface area contributed by atoms with Gasteiger partial charge in [0.1, 0.15) is 11.8 Å². The summed E-state index contributed by atoms with van der Waals surface area (Å²) in [5.74, 6) is -0.726. The van der Waals surface area contributed by atoms with E-state index in [4.69, 9.17) is 10.2 Å². The lowest BCUT2D eigenvalue weighted by Crippen LogP contribution is -2.46. The summed E-state index contributed by atoms with van der Waals surface area (Å²) in [5.41, 5.74) is 6.42. The fourth-order valence-electron chi connectivity index (χ4n) is 2.74. The summed E-state index contributed by atoms with van der Waals surface area (Å²) < 4.78 is 5.41. The first kappa shape index (κ1) is 13.6. The van der Waals surface area contributed by atoms with E-state index in [1.807, 2.05) is 24.3 Å². The van der Waals surface area contributed by atoms with Crippen LogP contribution in [0.3, 0.4) is 0 Å². The van der Waals surface area contributed by atoms with Gasteiger partial charge in [0.25, 0.3) is 5.91 Å². The van der Waals surface area contributed by atoms with Crippen molar-refractivity contribution in [3.8, 4) is 0 Å². The van der Waals surface area contributed by atoms with E-state index in [1.165, 1.54) is 6.26 Å². The van der Waals surface area contributed by atoms with Gasteiger partial charge >= 0.3 is 0 Å². The van der Waals surface area contributed by atoms with Crippen LogP contribution >= 0.6 is 0 Å². The van der Waals surface area contributed by atoms with Crippen molar-refractivity contribution in [1.82, 2.24) is 10.2 Å². The Labute approximate surface area is 121 Å². The van der Waals surface area contributed by atoms with Gasteiger partial charge < -0.3 is 20.4 Å². The Kier molecular flexibility index (Phi) is 3.62. The number of carbonyl (C=O) groups excluding carboxylic acids is 2. The van der Waals surface area contributed by atoms with Crippen LogP contribution in [0.4, 0.5) is 0 Å². The SMILES string of the molecule is NC(=O)CN(C(=O)c1coc2ccccc12)C1CCNC1. The molecule has 1 aliphatic heterocycles. The molecule has 3 rings (SSSR count). The van der Waals surface area contributed by atoms with Gasteiger partial charge in [0.05, 0.1) is 12.1 Å². The van der Waals surface area contributed by atoms with Gasteiger partial charge in [0, 0.05) is 18.0 Å². The molecule has 21 heavy (non-hydrogen) atoms. The number of hydrogen-bond donors (Lipinski definition) is 2. The molecule has 2 heterocycles. The molecule has 110 valence electrons. The molecule has 0 spiro atoms. The first-order valence-electron chi connectivity index (χ1n) is 6.93. The minimum absolute atomic E-state index is 0.0151. The fraction of sp³-hybridized carbons (Fsp3) is 0.333. The molecule has 3 N–H and O–H groups in total. The quantitative estimate of drug-likeness (QED) is 0.867. The van der Waals surface area contributed by atoms with Gasteiger partial charge in [-0.15, -0.1) is 0 Å². The highest BCUT2D eigenvalue weighted by Gasteiger charge is 2.30. The number of fused-ring (bicyclic) bond motifs is 1. The molecule has 0 bridgehead atoms. The number of carbonyl (C=O) groups is 2. The van der Waals surface area contributed by atoms with Crippen LogP contribution in [0, 0.1) is 0 Å². The van der Waals surface area contributed by atoms with Crippen LogP contribution in [0.5, 0.6) is 0 Å². The molecule has 6 nitrogen and oxygen atoms in total. The summed E-state index contributed by atoms with van der Waals surface area (Å²) in [6.07, 6.45) is 2.26. The summed E-state index contributed by atoms with van der Waals surface area (Å²) in [4.78, 5) is 25.6. The second-order valence-corrected chi connectivity index (χ2v) is 5.19. The van der Waals surface area contributed by atoms with E-state index in [9.17, 15) is 9.59 Å². The number of nitrogens with one attached hydrogen (secondary N) is 1. The molecule has 1 aromatic heterocycles. The molecule has 6 heteroatoms. The lowest BCUT2D eigenvalue weighted by atomic mass is 10.1. The molecule has 0 aliphatic carbocycles. The summed E-state index contributed by atoms with van der Waals surface area (Å²) in [7, 11) is 0. The van der Waals surface area contributed by atoms with Crippen molar-refractivity contribution in [2.75, 3.05) is 19.6 Å². The number of para-hydroxylation sites is 1. The molecule has 0 radical (unpaired) electrons. The molecule has 1 saturated heterocycles. The Bertz CT molecular complexity index is 674. The predicted octanol–water partition coefficient (Wildman–Crippen LogP) is 0.722. The monoisotopic (exact) mass is 287 g/mol. The van der Waals surface area contributed by atoms with Crippen molar-refractivity contribution < 1.29 is 14.0 Å². The zero-order chi connectivity index (χ0) is 14.8. The zero-order valence-electron chi connectivity index (χ0n) is 11.5. The maximum absolute atomic E-state index is 12.8. The van der Waals surface area contributed by atoms with Crippen LogP contribution in [0.15, 0.2) is 34.9 Å². The van der Waals surface area contributed by atoms with Crippen LogP contribution < -0.4 is 11.1 Å². The van der Waals surface area contributed by atoms with Crippen molar-refractivity contribution in [1.29, 1.82) is 0 Å². The Morgan fingerprint density at radius 2 is 2.19 bits per heavy atom. The first-order chi connectivity index (χ1) is 10.2. The summed E-state index contributed by atoms with van der Waals surface area (Å²) >= 11 is 0. The molecule has 1 atom stereocenters. The number of furan rings is 1. The Morgan fingerprint density at radius 3 is 2.90 bits per heavy atom. The van der Waals surface area contributed by atoms with Gasteiger partial charge in [-0.25, -0.2) is 0 Å². The van der Waals surface area contributed by atoms with Crippen LogP contribution in [0.2, 0.25) is 0 Å². The summed E-state index contributed by atoms with van der Waals surface area (Å²) in [6.45, 7) is 1.43. The predicted molar refractivity (Wildman–Crippen MR) is 77.7 cm³/mol. The van der Waals surface area contributed by atoms with E-state index >= 15 is 0 Å². The van der Waals surface area contributed by atoms with Gasteiger partial charge in [-0.05, 0) is 19.0 Å². The summed E-state index contributed by atoms with van der Waals surface area (Å²) in [5, 5.41) is 3.95. The molecule has 1 aromatic carbocycles. The van der Waals surface area contributed by atoms with Crippen molar-refractivity contribution in [3.63, 3.8) is 0 Å². The highest BCUT2D eigenvalue weighted by molar-refractivity contribution is 6.06. The first-order valence-corrected chi connectivity index (χ1v) is 6.93. The number of benzene rings is 1. The van der Waals surface area contributed by atoms with Crippen molar-refractivity contribution in [2.45, 2.75) is 12.5 Å². The number of nitrogens with zero attached hydrogens (tertiary/aromatic N) is 1. The third kappa shape index (κ3) is 2.62. The van der Waals surface area contributed by atoms with Gasteiger partial charge in [-0.2, -0.15) is 0 Å². The Balaban J connectivity index is 1.94. The van der Waals surface area contributed by atoms with Crippen molar-refractivity contribution in [3.05, 3.63) is 36.1 Å². The van der Waals surface area contributed by atoms with E-state index in [1.54, 1.807) is 4.90 Å². The molecule has 2 aromatic rings.